The number of alkyl halides is 3. The Kier molecular flexibility index (Phi) is 5.73. The maximum atomic E-state index is 12.8. The first-order valence-corrected chi connectivity index (χ1v) is 7.24. The summed E-state index contributed by atoms with van der Waals surface area (Å²) in [6.07, 6.45) is -3.13. The monoisotopic (exact) mass is 325 g/mol. The predicted octanol–water partition coefficient (Wildman–Crippen LogP) is 4.53. The van der Waals surface area contributed by atoms with Crippen LogP contribution in [-0.2, 0) is 6.18 Å². The van der Waals surface area contributed by atoms with Crippen LogP contribution in [0.15, 0.2) is 48.5 Å². The van der Waals surface area contributed by atoms with Crippen LogP contribution in [0.5, 0.6) is 11.5 Å². The molecule has 0 amide bonds. The van der Waals surface area contributed by atoms with Crippen LogP contribution in [0.25, 0.3) is 0 Å². The molecule has 0 atom stereocenters. The van der Waals surface area contributed by atoms with Crippen LogP contribution in [0.2, 0.25) is 0 Å². The van der Waals surface area contributed by atoms with E-state index >= 15 is 0 Å². The molecular weight excluding hydrogens is 307 g/mol. The summed E-state index contributed by atoms with van der Waals surface area (Å²) in [5.74, 6) is 0.571. The number of para-hydroxylation sites is 1. The molecule has 2 aromatic rings. The largest absolute Gasteiger partial charge is 0.494 e. The quantitative estimate of drug-likeness (QED) is 0.601. The Morgan fingerprint density at radius 3 is 2.09 bits per heavy atom. The van der Waals surface area contributed by atoms with Crippen LogP contribution >= 0.6 is 0 Å². The van der Waals surface area contributed by atoms with Gasteiger partial charge in [0.2, 0.25) is 0 Å². The lowest BCUT2D eigenvalue weighted by molar-refractivity contribution is -0.138. The highest BCUT2D eigenvalue weighted by atomic mass is 19.4. The molecule has 23 heavy (non-hydrogen) atoms. The number of benzene rings is 2. The van der Waals surface area contributed by atoms with E-state index in [4.69, 9.17) is 15.2 Å². The van der Waals surface area contributed by atoms with Crippen molar-refractivity contribution >= 4 is 5.69 Å². The smallest absolute Gasteiger partial charge is 0.419 e. The van der Waals surface area contributed by atoms with Crippen LogP contribution in [0, 0.1) is 0 Å². The van der Waals surface area contributed by atoms with Crippen LogP contribution in [0.1, 0.15) is 18.4 Å². The maximum absolute atomic E-state index is 12.8. The molecule has 0 aromatic heterocycles. The Bertz CT molecular complexity index is 612. The molecule has 0 heterocycles. The molecule has 0 aliphatic heterocycles. The number of hydrogen-bond donors (Lipinski definition) is 1. The molecule has 0 saturated heterocycles. The van der Waals surface area contributed by atoms with E-state index in [0.29, 0.717) is 30.9 Å². The lowest BCUT2D eigenvalue weighted by Gasteiger charge is -2.13. The Balaban J connectivity index is 1.71. The van der Waals surface area contributed by atoms with Gasteiger partial charge >= 0.3 is 6.18 Å². The minimum Gasteiger partial charge on any atom is -0.494 e. The van der Waals surface area contributed by atoms with Gasteiger partial charge in [-0.3, -0.25) is 0 Å². The van der Waals surface area contributed by atoms with Gasteiger partial charge in [-0.05, 0) is 49.2 Å². The summed E-state index contributed by atoms with van der Waals surface area (Å²) in [4.78, 5) is 0. The highest BCUT2D eigenvalue weighted by molar-refractivity contribution is 5.41. The third-order valence-corrected chi connectivity index (χ3v) is 3.14. The molecule has 0 aliphatic carbocycles. The van der Waals surface area contributed by atoms with Crippen molar-refractivity contribution in [3.63, 3.8) is 0 Å². The fourth-order valence-electron chi connectivity index (χ4n) is 1.97. The minimum absolute atomic E-state index is 0.139. The topological polar surface area (TPSA) is 44.5 Å². The number of halogens is 3. The Labute approximate surface area is 132 Å². The number of rotatable bonds is 7. The zero-order valence-electron chi connectivity index (χ0n) is 12.5. The second-order valence-corrected chi connectivity index (χ2v) is 4.97. The van der Waals surface area contributed by atoms with Crippen molar-refractivity contribution in [2.45, 2.75) is 19.0 Å². The van der Waals surface area contributed by atoms with Gasteiger partial charge in [-0.15, -0.1) is 0 Å². The zero-order valence-corrected chi connectivity index (χ0v) is 12.5. The first-order chi connectivity index (χ1) is 11.0. The van der Waals surface area contributed by atoms with Gasteiger partial charge in [0, 0.05) is 5.69 Å². The van der Waals surface area contributed by atoms with Crippen molar-refractivity contribution < 1.29 is 22.6 Å². The van der Waals surface area contributed by atoms with E-state index in [1.807, 2.05) is 0 Å². The molecule has 0 spiro atoms. The Morgan fingerprint density at radius 1 is 0.826 bits per heavy atom. The van der Waals surface area contributed by atoms with Gasteiger partial charge in [0.15, 0.2) is 0 Å². The lowest BCUT2D eigenvalue weighted by atomic mass is 10.2. The fourth-order valence-corrected chi connectivity index (χ4v) is 1.97. The molecular formula is C17H18F3NO2. The number of ether oxygens (including phenoxy) is 2. The van der Waals surface area contributed by atoms with Gasteiger partial charge in [0.25, 0.3) is 0 Å². The van der Waals surface area contributed by atoms with E-state index in [9.17, 15) is 13.2 Å². The summed E-state index contributed by atoms with van der Waals surface area (Å²) < 4.78 is 49.1. The maximum Gasteiger partial charge on any atom is 0.419 e. The molecule has 0 bridgehead atoms. The predicted molar refractivity (Wildman–Crippen MR) is 82.5 cm³/mol. The molecule has 0 aliphatic rings. The van der Waals surface area contributed by atoms with E-state index in [1.165, 1.54) is 18.2 Å². The second-order valence-electron chi connectivity index (χ2n) is 4.97. The third kappa shape index (κ3) is 5.39. The molecule has 2 rings (SSSR count). The van der Waals surface area contributed by atoms with Crippen molar-refractivity contribution in [3.8, 4) is 11.5 Å². The summed E-state index contributed by atoms with van der Waals surface area (Å²) >= 11 is 0. The van der Waals surface area contributed by atoms with Gasteiger partial charge in [-0.2, -0.15) is 13.2 Å². The van der Waals surface area contributed by atoms with E-state index in [1.54, 1.807) is 24.3 Å². The van der Waals surface area contributed by atoms with Crippen molar-refractivity contribution in [1.29, 1.82) is 0 Å². The third-order valence-electron chi connectivity index (χ3n) is 3.14. The van der Waals surface area contributed by atoms with Gasteiger partial charge in [0.05, 0.1) is 18.8 Å². The molecule has 0 unspecified atom stereocenters. The van der Waals surface area contributed by atoms with Crippen LogP contribution in [0.4, 0.5) is 18.9 Å². The molecule has 2 N–H and O–H groups in total. The molecule has 2 aromatic carbocycles. The molecule has 3 nitrogen and oxygen atoms in total. The SMILES string of the molecule is Nc1ccc(OCCCCOc2ccccc2C(F)(F)F)cc1. The standard InChI is InChI=1S/C17H18F3NO2/c18-17(19,20)15-5-1-2-6-16(15)23-12-4-3-11-22-14-9-7-13(21)8-10-14/h1-2,5-10H,3-4,11-12,21H2. The normalized spacial score (nSPS) is 11.3. The van der Waals surface area contributed by atoms with Gasteiger partial charge in [-0.25, -0.2) is 0 Å². The van der Waals surface area contributed by atoms with E-state index < -0.39 is 11.7 Å². The number of nitrogen functional groups attached to an aromatic ring is 1. The van der Waals surface area contributed by atoms with E-state index in [0.717, 1.165) is 6.07 Å². The van der Waals surface area contributed by atoms with E-state index in [2.05, 4.69) is 0 Å². The average Bonchev–Trinajstić information content (AvgIpc) is 2.52. The molecule has 0 fully saturated rings. The van der Waals surface area contributed by atoms with Crippen LogP contribution < -0.4 is 15.2 Å². The van der Waals surface area contributed by atoms with Crippen molar-refractivity contribution in [3.05, 3.63) is 54.1 Å². The second kappa shape index (κ2) is 7.76. The molecule has 6 heteroatoms. The first-order valence-electron chi connectivity index (χ1n) is 7.24. The van der Waals surface area contributed by atoms with Crippen molar-refractivity contribution in [2.24, 2.45) is 0 Å². The highest BCUT2D eigenvalue weighted by Crippen LogP contribution is 2.35. The number of hydrogen-bond acceptors (Lipinski definition) is 3. The van der Waals surface area contributed by atoms with E-state index in [-0.39, 0.29) is 12.4 Å². The highest BCUT2D eigenvalue weighted by Gasteiger charge is 2.33. The first kappa shape index (κ1) is 17.0. The number of nitrogens with two attached hydrogens (primary N) is 1. The fraction of sp³-hybridized carbons (Fsp3) is 0.294. The lowest BCUT2D eigenvalue weighted by Crippen LogP contribution is -2.09. The number of anilines is 1. The van der Waals surface area contributed by atoms with Gasteiger partial charge in [-0.1, -0.05) is 12.1 Å². The summed E-state index contributed by atoms with van der Waals surface area (Å²) in [5.41, 5.74) is 5.48. The van der Waals surface area contributed by atoms with Gasteiger partial charge in [0.1, 0.15) is 11.5 Å². The Morgan fingerprint density at radius 2 is 1.43 bits per heavy atom. The summed E-state index contributed by atoms with van der Waals surface area (Å²) in [6, 6.07) is 12.2. The van der Waals surface area contributed by atoms with Crippen LogP contribution in [0.3, 0.4) is 0 Å². The Hall–Kier alpha value is -2.37. The van der Waals surface area contributed by atoms with Crippen molar-refractivity contribution in [2.75, 3.05) is 18.9 Å². The summed E-state index contributed by atoms with van der Waals surface area (Å²) in [6.45, 7) is 0.673. The molecule has 124 valence electrons. The van der Waals surface area contributed by atoms with Gasteiger partial charge < -0.3 is 15.2 Å². The molecule has 0 saturated carbocycles. The molecule has 0 radical (unpaired) electrons. The summed E-state index contributed by atoms with van der Waals surface area (Å²) in [7, 11) is 0. The summed E-state index contributed by atoms with van der Waals surface area (Å²) in [5, 5.41) is 0. The number of unbranched alkanes of at least 4 members (excludes halogenated alkanes) is 1. The van der Waals surface area contributed by atoms with Crippen LogP contribution in [-0.4, -0.2) is 13.2 Å². The minimum atomic E-state index is -4.41. The average molecular weight is 325 g/mol. The van der Waals surface area contributed by atoms with Crippen molar-refractivity contribution in [1.82, 2.24) is 0 Å². The zero-order chi connectivity index (χ0) is 16.7.